The molecule has 0 saturated heterocycles. The second kappa shape index (κ2) is 7.61. The van der Waals surface area contributed by atoms with Crippen LogP contribution in [0.4, 0.5) is 5.69 Å². The highest BCUT2D eigenvalue weighted by molar-refractivity contribution is 8.00. The number of carbonyl (C=O) groups is 1. The lowest BCUT2D eigenvalue weighted by atomic mass is 10.2. The summed E-state index contributed by atoms with van der Waals surface area (Å²) in [5, 5.41) is 0.930. The smallest absolute Gasteiger partial charge is 0.203 e. The molecular weight excluding hydrogens is 352 g/mol. The minimum Gasteiger partial charge on any atom is -0.493 e. The van der Waals surface area contributed by atoms with Gasteiger partial charge in [-0.3, -0.25) is 4.79 Å². The van der Waals surface area contributed by atoms with Gasteiger partial charge in [0, 0.05) is 46.7 Å². The molecule has 6 nitrogen and oxygen atoms in total. The highest BCUT2D eigenvalue weighted by Crippen LogP contribution is 2.41. The van der Waals surface area contributed by atoms with Gasteiger partial charge < -0.3 is 23.5 Å². The highest BCUT2D eigenvalue weighted by Gasteiger charge is 2.13. The van der Waals surface area contributed by atoms with Crippen LogP contribution in [0.1, 0.15) is 10.4 Å². The maximum atomic E-state index is 11.3. The standard InChI is InChI=1S/C19H20N2O4S/c1-21-10-12(11-22)15-9-14(5-6-16(15)21)26-20-13-7-17(23-2)19(25-4)18(8-13)24-3/h5-11,20H,1-4H3. The Labute approximate surface area is 156 Å². The Balaban J connectivity index is 1.87. The number of aromatic nitrogens is 1. The first-order chi connectivity index (χ1) is 12.6. The van der Waals surface area contributed by atoms with Crippen molar-refractivity contribution >= 4 is 34.8 Å². The van der Waals surface area contributed by atoms with Gasteiger partial charge in [-0.25, -0.2) is 0 Å². The Morgan fingerprint density at radius 2 is 1.73 bits per heavy atom. The molecule has 0 aliphatic rings. The SMILES string of the molecule is COc1cc(NSc2ccc3c(c2)c(C=O)cn3C)cc(OC)c1OC. The highest BCUT2D eigenvalue weighted by atomic mass is 32.2. The Morgan fingerprint density at radius 3 is 2.31 bits per heavy atom. The van der Waals surface area contributed by atoms with Crippen molar-refractivity contribution in [2.75, 3.05) is 26.1 Å². The van der Waals surface area contributed by atoms with Gasteiger partial charge in [0.2, 0.25) is 5.75 Å². The van der Waals surface area contributed by atoms with Gasteiger partial charge in [-0.2, -0.15) is 0 Å². The minimum absolute atomic E-state index is 0.548. The molecule has 7 heteroatoms. The maximum absolute atomic E-state index is 11.3. The molecule has 0 aliphatic carbocycles. The summed E-state index contributed by atoms with van der Waals surface area (Å²) in [7, 11) is 6.66. The minimum atomic E-state index is 0.548. The molecule has 136 valence electrons. The van der Waals surface area contributed by atoms with Crippen molar-refractivity contribution in [1.29, 1.82) is 0 Å². The van der Waals surface area contributed by atoms with Gasteiger partial charge in [0.25, 0.3) is 0 Å². The number of fused-ring (bicyclic) bond motifs is 1. The molecule has 3 rings (SSSR count). The molecule has 0 saturated carbocycles. The number of ether oxygens (including phenoxy) is 3. The molecule has 0 atom stereocenters. The van der Waals surface area contributed by atoms with Crippen LogP contribution in [0.15, 0.2) is 41.4 Å². The second-order valence-electron chi connectivity index (χ2n) is 5.61. The molecule has 0 amide bonds. The number of anilines is 1. The number of hydrogen-bond donors (Lipinski definition) is 1. The molecule has 0 bridgehead atoms. The first-order valence-electron chi connectivity index (χ1n) is 7.88. The lowest BCUT2D eigenvalue weighted by Crippen LogP contribution is -1.97. The van der Waals surface area contributed by atoms with Crippen LogP contribution in [0.5, 0.6) is 17.2 Å². The molecule has 1 aromatic heterocycles. The van der Waals surface area contributed by atoms with E-state index in [1.54, 1.807) is 21.3 Å². The van der Waals surface area contributed by atoms with Crippen molar-refractivity contribution in [2.45, 2.75) is 4.90 Å². The number of rotatable bonds is 7. The third-order valence-electron chi connectivity index (χ3n) is 4.07. The predicted molar refractivity (Wildman–Crippen MR) is 104 cm³/mol. The number of methoxy groups -OCH3 is 3. The number of aryl methyl sites for hydroxylation is 1. The molecule has 0 unspecified atom stereocenters. The van der Waals surface area contributed by atoms with Crippen LogP contribution < -0.4 is 18.9 Å². The van der Waals surface area contributed by atoms with Crippen molar-refractivity contribution in [2.24, 2.45) is 7.05 Å². The zero-order valence-corrected chi connectivity index (χ0v) is 15.8. The van der Waals surface area contributed by atoms with Crippen LogP contribution in [0.3, 0.4) is 0 Å². The summed E-state index contributed by atoms with van der Waals surface area (Å²) >= 11 is 1.44. The van der Waals surface area contributed by atoms with Crippen LogP contribution in [0, 0.1) is 0 Å². The fraction of sp³-hybridized carbons (Fsp3) is 0.211. The van der Waals surface area contributed by atoms with E-state index in [1.165, 1.54) is 11.9 Å². The van der Waals surface area contributed by atoms with E-state index in [9.17, 15) is 4.79 Å². The Kier molecular flexibility index (Phi) is 5.27. The molecule has 26 heavy (non-hydrogen) atoms. The normalized spacial score (nSPS) is 10.6. The van der Waals surface area contributed by atoms with Crippen LogP contribution in [0.2, 0.25) is 0 Å². The fourth-order valence-corrected chi connectivity index (χ4v) is 3.48. The molecule has 0 spiro atoms. The molecule has 0 aliphatic heterocycles. The van der Waals surface area contributed by atoms with Crippen molar-refractivity contribution < 1.29 is 19.0 Å². The van der Waals surface area contributed by atoms with E-state index < -0.39 is 0 Å². The van der Waals surface area contributed by atoms with Crippen molar-refractivity contribution in [1.82, 2.24) is 4.57 Å². The third-order valence-corrected chi connectivity index (χ3v) is 4.90. The topological polar surface area (TPSA) is 61.7 Å². The molecular formula is C19H20N2O4S. The molecule has 1 heterocycles. The summed E-state index contributed by atoms with van der Waals surface area (Å²) in [6.07, 6.45) is 2.71. The van der Waals surface area contributed by atoms with Gasteiger partial charge in [-0.1, -0.05) is 0 Å². The number of hydrogen-bond acceptors (Lipinski definition) is 6. The van der Waals surface area contributed by atoms with Gasteiger partial charge in [0.05, 0.1) is 27.0 Å². The summed E-state index contributed by atoms with van der Waals surface area (Å²) in [5.41, 5.74) is 2.51. The van der Waals surface area contributed by atoms with Gasteiger partial charge >= 0.3 is 0 Å². The maximum Gasteiger partial charge on any atom is 0.203 e. The van der Waals surface area contributed by atoms with Gasteiger partial charge in [-0.15, -0.1) is 0 Å². The Hall–Kier alpha value is -2.80. The van der Waals surface area contributed by atoms with E-state index in [1.807, 2.05) is 48.1 Å². The monoisotopic (exact) mass is 372 g/mol. The summed E-state index contributed by atoms with van der Waals surface area (Å²) in [6, 6.07) is 9.68. The first kappa shape index (κ1) is 18.0. The zero-order chi connectivity index (χ0) is 18.7. The second-order valence-corrected chi connectivity index (χ2v) is 6.49. The number of benzene rings is 2. The van der Waals surface area contributed by atoms with Gasteiger partial charge in [0.1, 0.15) is 0 Å². The van der Waals surface area contributed by atoms with Crippen molar-refractivity contribution in [3.63, 3.8) is 0 Å². The molecule has 0 radical (unpaired) electrons. The van der Waals surface area contributed by atoms with Crippen LogP contribution in [-0.2, 0) is 7.05 Å². The van der Waals surface area contributed by atoms with Crippen molar-refractivity contribution in [3.8, 4) is 17.2 Å². The Bertz CT molecular complexity index is 927. The molecule has 2 aromatic carbocycles. The van der Waals surface area contributed by atoms with E-state index in [0.29, 0.717) is 22.8 Å². The predicted octanol–water partition coefficient (Wildman–Crippen LogP) is 4.14. The van der Waals surface area contributed by atoms with Crippen LogP contribution in [0.25, 0.3) is 10.9 Å². The molecule has 3 aromatic rings. The molecule has 1 N–H and O–H groups in total. The largest absolute Gasteiger partial charge is 0.493 e. The lowest BCUT2D eigenvalue weighted by Gasteiger charge is -2.14. The summed E-state index contributed by atoms with van der Waals surface area (Å²) in [4.78, 5) is 12.2. The van der Waals surface area contributed by atoms with Gasteiger partial charge in [0.15, 0.2) is 17.8 Å². The van der Waals surface area contributed by atoms with E-state index >= 15 is 0 Å². The van der Waals surface area contributed by atoms with E-state index in [-0.39, 0.29) is 0 Å². The summed E-state index contributed by atoms with van der Waals surface area (Å²) in [5.74, 6) is 1.71. The summed E-state index contributed by atoms with van der Waals surface area (Å²) < 4.78 is 21.3. The number of nitrogens with one attached hydrogen (secondary N) is 1. The lowest BCUT2D eigenvalue weighted by molar-refractivity contribution is 0.112. The summed E-state index contributed by atoms with van der Waals surface area (Å²) in [6.45, 7) is 0. The number of nitrogens with zero attached hydrogens (tertiary/aromatic N) is 1. The van der Waals surface area contributed by atoms with Crippen molar-refractivity contribution in [3.05, 3.63) is 42.1 Å². The van der Waals surface area contributed by atoms with Crippen LogP contribution >= 0.6 is 11.9 Å². The van der Waals surface area contributed by atoms with E-state index in [4.69, 9.17) is 14.2 Å². The van der Waals surface area contributed by atoms with Crippen LogP contribution in [-0.4, -0.2) is 32.2 Å². The van der Waals surface area contributed by atoms with Gasteiger partial charge in [-0.05, 0) is 30.1 Å². The first-order valence-corrected chi connectivity index (χ1v) is 8.70. The third kappa shape index (κ3) is 3.30. The Morgan fingerprint density at radius 1 is 1.04 bits per heavy atom. The average Bonchev–Trinajstić information content (AvgIpc) is 3.00. The number of carbonyl (C=O) groups excluding carboxylic acids is 1. The quantitative estimate of drug-likeness (QED) is 0.497. The number of aldehydes is 1. The molecule has 0 fully saturated rings. The average molecular weight is 372 g/mol. The van der Waals surface area contributed by atoms with E-state index in [0.717, 1.165) is 27.8 Å². The zero-order valence-electron chi connectivity index (χ0n) is 15.0. The van der Waals surface area contributed by atoms with E-state index in [2.05, 4.69) is 4.72 Å². The fourth-order valence-electron chi connectivity index (χ4n) is 2.82.